The van der Waals surface area contributed by atoms with Gasteiger partial charge in [-0.15, -0.1) is 0 Å². The van der Waals surface area contributed by atoms with Crippen LogP contribution in [0, 0.1) is 11.7 Å². The Morgan fingerprint density at radius 2 is 2.00 bits per heavy atom. The first-order valence-electron chi connectivity index (χ1n) is 10.3. The summed E-state index contributed by atoms with van der Waals surface area (Å²) in [4.78, 5) is 13.1. The number of furan rings is 2. The SMILES string of the molecule is O=C(COc1ccccc1F)N1N=C2/C(=C/c3ccco3)CCC[C@@H]2[C@H]1c1ccco1. The molecule has 3 aromatic rings. The first-order chi connectivity index (χ1) is 15.2. The minimum atomic E-state index is -0.511. The summed E-state index contributed by atoms with van der Waals surface area (Å²) in [5.74, 6) is 0.598. The van der Waals surface area contributed by atoms with Crippen molar-refractivity contribution in [3.8, 4) is 5.75 Å². The van der Waals surface area contributed by atoms with Crippen molar-refractivity contribution in [2.75, 3.05) is 6.61 Å². The second kappa shape index (κ2) is 8.26. The molecule has 0 spiro atoms. The molecule has 0 saturated heterocycles. The van der Waals surface area contributed by atoms with Gasteiger partial charge >= 0.3 is 0 Å². The minimum absolute atomic E-state index is 0.0125. The highest BCUT2D eigenvalue weighted by molar-refractivity contribution is 6.08. The van der Waals surface area contributed by atoms with E-state index >= 15 is 0 Å². The number of carbonyl (C=O) groups is 1. The molecule has 1 aliphatic heterocycles. The van der Waals surface area contributed by atoms with E-state index in [1.54, 1.807) is 30.7 Å². The van der Waals surface area contributed by atoms with Crippen molar-refractivity contribution in [3.05, 3.63) is 84.0 Å². The van der Waals surface area contributed by atoms with Crippen LogP contribution in [0.15, 0.2) is 80.6 Å². The summed E-state index contributed by atoms with van der Waals surface area (Å²) in [5, 5.41) is 6.13. The lowest BCUT2D eigenvalue weighted by Crippen LogP contribution is -2.34. The number of halogens is 1. The summed E-state index contributed by atoms with van der Waals surface area (Å²) in [5.41, 5.74) is 1.91. The summed E-state index contributed by atoms with van der Waals surface area (Å²) in [7, 11) is 0. The monoisotopic (exact) mass is 420 g/mol. The molecule has 0 bridgehead atoms. The van der Waals surface area contributed by atoms with E-state index in [9.17, 15) is 9.18 Å². The third-order valence-corrected chi connectivity index (χ3v) is 5.64. The molecule has 1 amide bonds. The molecule has 158 valence electrons. The molecule has 0 N–H and O–H groups in total. The molecule has 5 rings (SSSR count). The van der Waals surface area contributed by atoms with Crippen LogP contribution in [0.4, 0.5) is 4.39 Å². The number of carbonyl (C=O) groups excluding carboxylic acids is 1. The summed E-state index contributed by atoms with van der Waals surface area (Å²) in [6, 6.07) is 13.0. The number of para-hydroxylation sites is 1. The zero-order chi connectivity index (χ0) is 21.2. The Morgan fingerprint density at radius 1 is 1.16 bits per heavy atom. The average molecular weight is 420 g/mol. The molecule has 0 unspecified atom stereocenters. The number of hydrazone groups is 1. The molecule has 3 heterocycles. The van der Waals surface area contributed by atoms with Gasteiger partial charge in [0.05, 0.1) is 18.2 Å². The smallest absolute Gasteiger partial charge is 0.281 e. The third-order valence-electron chi connectivity index (χ3n) is 5.64. The molecule has 1 fully saturated rings. The van der Waals surface area contributed by atoms with Crippen molar-refractivity contribution in [1.82, 2.24) is 5.01 Å². The van der Waals surface area contributed by atoms with Gasteiger partial charge in [0.15, 0.2) is 18.2 Å². The number of amides is 1. The number of fused-ring (bicyclic) bond motifs is 1. The van der Waals surface area contributed by atoms with E-state index in [-0.39, 0.29) is 30.2 Å². The Bertz CT molecular complexity index is 1120. The quantitative estimate of drug-likeness (QED) is 0.568. The number of benzene rings is 1. The molecule has 0 radical (unpaired) electrons. The minimum Gasteiger partial charge on any atom is -0.481 e. The fraction of sp³-hybridized carbons (Fsp3) is 0.250. The molecule has 7 heteroatoms. The van der Waals surface area contributed by atoms with Crippen molar-refractivity contribution in [2.45, 2.75) is 25.3 Å². The van der Waals surface area contributed by atoms with Crippen molar-refractivity contribution < 1.29 is 22.8 Å². The number of allylic oxidation sites excluding steroid dienone is 1. The van der Waals surface area contributed by atoms with Crippen LogP contribution in [0.5, 0.6) is 5.75 Å². The Kier molecular flexibility index (Phi) is 5.16. The number of ether oxygens (including phenoxy) is 1. The van der Waals surface area contributed by atoms with Crippen LogP contribution in [0.1, 0.15) is 36.8 Å². The van der Waals surface area contributed by atoms with Gasteiger partial charge < -0.3 is 13.6 Å². The standard InChI is InChI=1S/C24H21FN2O4/c25-19-9-1-2-10-20(19)31-15-22(28)27-24(21-11-5-13-30-21)18-8-3-6-16(23(18)26-27)14-17-7-4-12-29-17/h1-2,4-5,7,9-14,18,24H,3,6,8,15H2/b16-14+/t18-,24-/m0/s1. The predicted octanol–water partition coefficient (Wildman–Crippen LogP) is 5.21. The lowest BCUT2D eigenvalue weighted by molar-refractivity contribution is -0.136. The molecule has 6 nitrogen and oxygen atoms in total. The Balaban J connectivity index is 1.44. The second-order valence-electron chi connectivity index (χ2n) is 7.59. The van der Waals surface area contributed by atoms with Crippen molar-refractivity contribution in [1.29, 1.82) is 0 Å². The van der Waals surface area contributed by atoms with Crippen LogP contribution in [-0.4, -0.2) is 23.2 Å². The highest BCUT2D eigenvalue weighted by Crippen LogP contribution is 2.44. The highest BCUT2D eigenvalue weighted by Gasteiger charge is 2.45. The van der Waals surface area contributed by atoms with Gasteiger partial charge in [-0.05, 0) is 67.3 Å². The van der Waals surface area contributed by atoms with Crippen molar-refractivity contribution in [3.63, 3.8) is 0 Å². The number of hydrogen-bond donors (Lipinski definition) is 0. The maximum Gasteiger partial charge on any atom is 0.281 e. The van der Waals surface area contributed by atoms with Crippen LogP contribution in [0.3, 0.4) is 0 Å². The Labute approximate surface area is 178 Å². The Morgan fingerprint density at radius 3 is 2.77 bits per heavy atom. The van der Waals surface area contributed by atoms with Gasteiger partial charge in [0.2, 0.25) is 0 Å². The normalized spacial score (nSPS) is 21.8. The highest BCUT2D eigenvalue weighted by atomic mass is 19.1. The fourth-order valence-electron chi connectivity index (χ4n) is 4.26. The summed E-state index contributed by atoms with van der Waals surface area (Å²) in [6.45, 7) is -0.321. The van der Waals surface area contributed by atoms with Crippen LogP contribution in [0.25, 0.3) is 6.08 Å². The first kappa shape index (κ1) is 19.4. The molecule has 1 saturated carbocycles. The molecule has 2 aliphatic rings. The van der Waals surface area contributed by atoms with Crippen LogP contribution in [0.2, 0.25) is 0 Å². The van der Waals surface area contributed by atoms with Gasteiger partial charge in [0.1, 0.15) is 17.6 Å². The van der Waals surface area contributed by atoms with E-state index in [0.717, 1.165) is 36.3 Å². The average Bonchev–Trinajstić information content (AvgIpc) is 3.53. The van der Waals surface area contributed by atoms with E-state index in [1.807, 2.05) is 24.3 Å². The largest absolute Gasteiger partial charge is 0.481 e. The van der Waals surface area contributed by atoms with Gasteiger partial charge in [-0.2, -0.15) is 5.10 Å². The van der Waals surface area contributed by atoms with Gasteiger partial charge in [0, 0.05) is 5.92 Å². The number of rotatable bonds is 5. The van der Waals surface area contributed by atoms with Crippen LogP contribution >= 0.6 is 0 Å². The van der Waals surface area contributed by atoms with E-state index in [0.29, 0.717) is 5.76 Å². The fourth-order valence-corrected chi connectivity index (χ4v) is 4.26. The lowest BCUT2D eigenvalue weighted by Gasteiger charge is -2.27. The Hall–Kier alpha value is -3.61. The van der Waals surface area contributed by atoms with E-state index in [4.69, 9.17) is 18.7 Å². The van der Waals surface area contributed by atoms with Gasteiger partial charge in [-0.1, -0.05) is 12.1 Å². The lowest BCUT2D eigenvalue weighted by atomic mass is 9.79. The maximum atomic E-state index is 13.9. The van der Waals surface area contributed by atoms with E-state index < -0.39 is 5.82 Å². The second-order valence-corrected chi connectivity index (χ2v) is 7.59. The van der Waals surface area contributed by atoms with E-state index in [1.165, 1.54) is 17.1 Å². The van der Waals surface area contributed by atoms with Gasteiger partial charge in [-0.25, -0.2) is 9.40 Å². The molecular weight excluding hydrogens is 399 g/mol. The first-order valence-corrected chi connectivity index (χ1v) is 10.3. The van der Waals surface area contributed by atoms with Gasteiger partial charge in [-0.3, -0.25) is 4.79 Å². The summed E-state index contributed by atoms with van der Waals surface area (Å²) >= 11 is 0. The number of hydrogen-bond acceptors (Lipinski definition) is 5. The van der Waals surface area contributed by atoms with Crippen LogP contribution in [-0.2, 0) is 4.79 Å². The molecular formula is C24H21FN2O4. The van der Waals surface area contributed by atoms with Gasteiger partial charge in [0.25, 0.3) is 5.91 Å². The van der Waals surface area contributed by atoms with E-state index in [2.05, 4.69) is 0 Å². The molecule has 31 heavy (non-hydrogen) atoms. The van der Waals surface area contributed by atoms with Crippen molar-refractivity contribution >= 4 is 17.7 Å². The molecule has 2 aromatic heterocycles. The van der Waals surface area contributed by atoms with Crippen LogP contribution < -0.4 is 4.74 Å². The topological polar surface area (TPSA) is 68.2 Å². The zero-order valence-corrected chi connectivity index (χ0v) is 16.7. The predicted molar refractivity (Wildman–Crippen MR) is 112 cm³/mol. The third kappa shape index (κ3) is 3.79. The maximum absolute atomic E-state index is 13.9. The molecule has 2 atom stereocenters. The molecule has 1 aliphatic carbocycles. The number of nitrogens with zero attached hydrogens (tertiary/aromatic N) is 2. The summed E-state index contributed by atoms with van der Waals surface area (Å²) < 4.78 is 30.5. The zero-order valence-electron chi connectivity index (χ0n) is 16.7. The summed E-state index contributed by atoms with van der Waals surface area (Å²) in [6.07, 6.45) is 7.92. The van der Waals surface area contributed by atoms with Crippen molar-refractivity contribution in [2.24, 2.45) is 11.0 Å². The molecule has 1 aromatic carbocycles.